The van der Waals surface area contributed by atoms with Gasteiger partial charge in [0.05, 0.1) is 5.56 Å². The van der Waals surface area contributed by atoms with Crippen LogP contribution in [0.4, 0.5) is 13.2 Å². The van der Waals surface area contributed by atoms with Crippen molar-refractivity contribution in [3.8, 4) is 0 Å². The quantitative estimate of drug-likeness (QED) is 0.913. The molecule has 116 valence electrons. The van der Waals surface area contributed by atoms with Crippen molar-refractivity contribution in [1.82, 2.24) is 4.90 Å². The lowest BCUT2D eigenvalue weighted by Crippen LogP contribution is -2.49. The van der Waals surface area contributed by atoms with Crippen LogP contribution < -0.4 is 5.73 Å². The first kappa shape index (κ1) is 15.8. The lowest BCUT2D eigenvalue weighted by atomic mass is 9.92. The summed E-state index contributed by atoms with van der Waals surface area (Å²) in [5, 5.41) is 0. The number of halogens is 3. The number of alkyl halides is 3. The van der Waals surface area contributed by atoms with Gasteiger partial charge in [0.15, 0.2) is 0 Å². The fraction of sp³-hybridized carbons (Fsp3) is 0.533. The molecule has 1 amide bonds. The van der Waals surface area contributed by atoms with Crippen LogP contribution in [0.5, 0.6) is 0 Å². The highest BCUT2D eigenvalue weighted by atomic mass is 19.4. The predicted octanol–water partition coefficient (Wildman–Crippen LogP) is 2.90. The number of hydrogen-bond acceptors (Lipinski definition) is 2. The molecular weight excluding hydrogens is 281 g/mol. The van der Waals surface area contributed by atoms with Crippen LogP contribution in [0.3, 0.4) is 0 Å². The van der Waals surface area contributed by atoms with Gasteiger partial charge in [-0.1, -0.05) is 6.92 Å². The first-order chi connectivity index (χ1) is 9.82. The summed E-state index contributed by atoms with van der Waals surface area (Å²) in [6, 6.07) is 4.31. The zero-order valence-electron chi connectivity index (χ0n) is 11.9. The first-order valence-electron chi connectivity index (χ1n) is 7.01. The second-order valence-electron chi connectivity index (χ2n) is 5.59. The lowest BCUT2D eigenvalue weighted by Gasteiger charge is -2.38. The summed E-state index contributed by atoms with van der Waals surface area (Å²) in [5.74, 6) is 0.265. The van der Waals surface area contributed by atoms with Gasteiger partial charge in [0.25, 0.3) is 5.91 Å². The maximum Gasteiger partial charge on any atom is 0.416 e. The number of nitrogens with two attached hydrogens (primary N) is 1. The van der Waals surface area contributed by atoms with E-state index in [4.69, 9.17) is 5.73 Å². The summed E-state index contributed by atoms with van der Waals surface area (Å²) in [4.78, 5) is 14.1. The highest BCUT2D eigenvalue weighted by Gasteiger charge is 2.32. The number of carbonyl (C=O) groups is 1. The molecule has 2 N–H and O–H groups in total. The van der Waals surface area contributed by atoms with E-state index in [-0.39, 0.29) is 17.5 Å². The summed E-state index contributed by atoms with van der Waals surface area (Å²) in [5.41, 5.74) is 5.24. The van der Waals surface area contributed by atoms with Crippen LogP contribution in [0.15, 0.2) is 24.3 Å². The molecule has 1 aromatic carbocycles. The third-order valence-electron chi connectivity index (χ3n) is 3.97. The molecule has 0 bridgehead atoms. The van der Waals surface area contributed by atoms with Crippen LogP contribution in [0.25, 0.3) is 0 Å². The molecule has 2 rings (SSSR count). The number of amides is 1. The standard InChI is InChI=1S/C15H19F3N2O/c1-10-6-7-20(13(8-10)9-19)14(21)11-2-4-12(5-3-11)15(16,17)18/h2-5,10,13H,6-9,19H2,1H3. The number of piperidine rings is 1. The van der Waals surface area contributed by atoms with E-state index in [2.05, 4.69) is 6.92 Å². The minimum absolute atomic E-state index is 0.0384. The Balaban J connectivity index is 2.16. The zero-order chi connectivity index (χ0) is 15.6. The lowest BCUT2D eigenvalue weighted by molar-refractivity contribution is -0.137. The van der Waals surface area contributed by atoms with Gasteiger partial charge in [-0.25, -0.2) is 0 Å². The topological polar surface area (TPSA) is 46.3 Å². The van der Waals surface area contributed by atoms with Crippen LogP contribution in [-0.4, -0.2) is 29.9 Å². The van der Waals surface area contributed by atoms with Gasteiger partial charge in [-0.3, -0.25) is 4.79 Å². The maximum absolute atomic E-state index is 12.5. The van der Waals surface area contributed by atoms with Crippen molar-refractivity contribution in [2.24, 2.45) is 11.7 Å². The van der Waals surface area contributed by atoms with Crippen LogP contribution in [0.1, 0.15) is 35.7 Å². The molecular formula is C15H19F3N2O. The van der Waals surface area contributed by atoms with Crippen LogP contribution in [0.2, 0.25) is 0 Å². The third-order valence-corrected chi connectivity index (χ3v) is 3.97. The Kier molecular flexibility index (Phi) is 4.56. The number of hydrogen-bond donors (Lipinski definition) is 1. The number of rotatable bonds is 2. The molecule has 1 saturated heterocycles. The Hall–Kier alpha value is -1.56. The molecule has 1 aliphatic rings. The van der Waals surface area contributed by atoms with Crippen molar-refractivity contribution in [1.29, 1.82) is 0 Å². The van der Waals surface area contributed by atoms with E-state index < -0.39 is 11.7 Å². The molecule has 1 fully saturated rings. The van der Waals surface area contributed by atoms with E-state index in [1.165, 1.54) is 12.1 Å². The maximum atomic E-state index is 12.5. The van der Waals surface area contributed by atoms with Crippen molar-refractivity contribution in [2.45, 2.75) is 32.0 Å². The Labute approximate surface area is 121 Å². The molecule has 0 aliphatic carbocycles. The number of benzene rings is 1. The van der Waals surface area contributed by atoms with Gasteiger partial charge in [-0.15, -0.1) is 0 Å². The summed E-state index contributed by atoms with van der Waals surface area (Å²) in [6.07, 6.45) is -2.66. The normalized spacial score (nSPS) is 23.2. The summed E-state index contributed by atoms with van der Waals surface area (Å²) in [6.45, 7) is 3.09. The van der Waals surface area contributed by atoms with Crippen LogP contribution >= 0.6 is 0 Å². The molecule has 0 saturated carbocycles. The molecule has 1 aromatic rings. The molecule has 21 heavy (non-hydrogen) atoms. The average Bonchev–Trinajstić information content (AvgIpc) is 2.45. The Morgan fingerprint density at radius 3 is 2.48 bits per heavy atom. The first-order valence-corrected chi connectivity index (χ1v) is 7.01. The fourth-order valence-electron chi connectivity index (χ4n) is 2.71. The molecule has 1 aliphatic heterocycles. The number of carbonyl (C=O) groups excluding carboxylic acids is 1. The van der Waals surface area contributed by atoms with Gasteiger partial charge in [0.2, 0.25) is 0 Å². The minimum Gasteiger partial charge on any atom is -0.334 e. The van der Waals surface area contributed by atoms with Crippen molar-refractivity contribution in [3.05, 3.63) is 35.4 Å². The van der Waals surface area contributed by atoms with E-state index in [1.54, 1.807) is 4.90 Å². The number of likely N-dealkylation sites (tertiary alicyclic amines) is 1. The van der Waals surface area contributed by atoms with Gasteiger partial charge >= 0.3 is 6.18 Å². The molecule has 6 heteroatoms. The molecule has 3 nitrogen and oxygen atoms in total. The van der Waals surface area contributed by atoms with Crippen molar-refractivity contribution >= 4 is 5.91 Å². The Bertz CT molecular complexity index is 499. The van der Waals surface area contributed by atoms with Crippen LogP contribution in [-0.2, 0) is 6.18 Å². The van der Waals surface area contributed by atoms with Crippen LogP contribution in [0, 0.1) is 5.92 Å². The van der Waals surface area contributed by atoms with Gasteiger partial charge in [-0.05, 0) is 43.0 Å². The number of nitrogens with zero attached hydrogens (tertiary/aromatic N) is 1. The molecule has 1 heterocycles. The predicted molar refractivity (Wildman–Crippen MR) is 73.7 cm³/mol. The van der Waals surface area contributed by atoms with Gasteiger partial charge in [-0.2, -0.15) is 13.2 Å². The SMILES string of the molecule is CC1CCN(C(=O)c2ccc(C(F)(F)F)cc2)C(CN)C1. The summed E-state index contributed by atoms with van der Waals surface area (Å²) < 4.78 is 37.6. The van der Waals surface area contributed by atoms with Gasteiger partial charge < -0.3 is 10.6 Å². The average molecular weight is 300 g/mol. The Morgan fingerprint density at radius 1 is 1.33 bits per heavy atom. The van der Waals surface area contributed by atoms with E-state index in [0.717, 1.165) is 25.0 Å². The minimum atomic E-state index is -4.39. The third kappa shape index (κ3) is 3.56. The summed E-state index contributed by atoms with van der Waals surface area (Å²) >= 11 is 0. The molecule has 0 spiro atoms. The van der Waals surface area contributed by atoms with Crippen molar-refractivity contribution in [3.63, 3.8) is 0 Å². The molecule has 2 unspecified atom stereocenters. The largest absolute Gasteiger partial charge is 0.416 e. The molecule has 0 radical (unpaired) electrons. The fourth-order valence-corrected chi connectivity index (χ4v) is 2.71. The van der Waals surface area contributed by atoms with Crippen molar-refractivity contribution < 1.29 is 18.0 Å². The summed E-state index contributed by atoms with van der Waals surface area (Å²) in [7, 11) is 0. The highest BCUT2D eigenvalue weighted by Crippen LogP contribution is 2.30. The second-order valence-corrected chi connectivity index (χ2v) is 5.59. The van der Waals surface area contributed by atoms with E-state index in [1.807, 2.05) is 0 Å². The zero-order valence-corrected chi connectivity index (χ0v) is 11.9. The Morgan fingerprint density at radius 2 is 1.95 bits per heavy atom. The highest BCUT2D eigenvalue weighted by molar-refractivity contribution is 5.94. The molecule has 2 atom stereocenters. The van der Waals surface area contributed by atoms with E-state index in [9.17, 15) is 18.0 Å². The monoisotopic (exact) mass is 300 g/mol. The smallest absolute Gasteiger partial charge is 0.334 e. The van der Waals surface area contributed by atoms with Gasteiger partial charge in [0, 0.05) is 24.7 Å². The van der Waals surface area contributed by atoms with E-state index in [0.29, 0.717) is 19.0 Å². The second kappa shape index (κ2) is 6.05. The van der Waals surface area contributed by atoms with Crippen molar-refractivity contribution in [2.75, 3.05) is 13.1 Å². The molecule has 0 aromatic heterocycles. The van der Waals surface area contributed by atoms with Gasteiger partial charge in [0.1, 0.15) is 0 Å². The van der Waals surface area contributed by atoms with E-state index >= 15 is 0 Å².